The Morgan fingerprint density at radius 3 is 2.29 bits per heavy atom. The van der Waals surface area contributed by atoms with E-state index < -0.39 is 29.5 Å². The number of benzene rings is 2. The van der Waals surface area contributed by atoms with Crippen LogP contribution in [0.15, 0.2) is 48.8 Å². The summed E-state index contributed by atoms with van der Waals surface area (Å²) in [6, 6.07) is 8.00. The molecule has 0 saturated heterocycles. The Morgan fingerprint density at radius 1 is 0.935 bits per heavy atom. The molecule has 0 fully saturated rings. The van der Waals surface area contributed by atoms with Gasteiger partial charge in [0.2, 0.25) is 0 Å². The normalized spacial score (nSPS) is 19.5. The Hall–Kier alpha value is -2.21. The molecule has 2 aromatic carbocycles. The van der Waals surface area contributed by atoms with Crippen LogP contribution in [0.25, 0.3) is 0 Å². The van der Waals surface area contributed by atoms with Gasteiger partial charge >= 0.3 is 12.4 Å². The van der Waals surface area contributed by atoms with Gasteiger partial charge in [-0.15, -0.1) is 0 Å². The molecule has 0 spiro atoms. The van der Waals surface area contributed by atoms with Gasteiger partial charge in [-0.3, -0.25) is 0 Å². The molecule has 4 rings (SSSR count). The van der Waals surface area contributed by atoms with Crippen molar-refractivity contribution < 1.29 is 26.3 Å². The molecule has 1 heterocycles. The SMILES string of the molecule is CCc1cccc(C(F)(F)F)c1CN1C=CN(C2CCc3cccc(C(F)(F)F)c32)P1. The Labute approximate surface area is 178 Å². The largest absolute Gasteiger partial charge is 0.416 e. The van der Waals surface area contributed by atoms with Crippen LogP contribution in [-0.2, 0) is 31.7 Å². The van der Waals surface area contributed by atoms with Crippen LogP contribution in [-0.4, -0.2) is 9.34 Å². The van der Waals surface area contributed by atoms with E-state index in [0.29, 0.717) is 36.0 Å². The number of alkyl halides is 6. The van der Waals surface area contributed by atoms with E-state index >= 15 is 0 Å². The molecule has 2 nitrogen and oxygen atoms in total. The van der Waals surface area contributed by atoms with Gasteiger partial charge < -0.3 is 9.34 Å². The lowest BCUT2D eigenvalue weighted by atomic mass is 9.98. The van der Waals surface area contributed by atoms with Crippen LogP contribution >= 0.6 is 8.88 Å². The summed E-state index contributed by atoms with van der Waals surface area (Å²) in [5.74, 6) is 0. The van der Waals surface area contributed by atoms with E-state index in [0.717, 1.165) is 12.1 Å². The summed E-state index contributed by atoms with van der Waals surface area (Å²) in [7, 11) is -0.0594. The highest BCUT2D eigenvalue weighted by Crippen LogP contribution is 2.50. The third-order valence-electron chi connectivity index (χ3n) is 5.80. The van der Waals surface area contributed by atoms with Crippen LogP contribution in [0.2, 0.25) is 0 Å². The zero-order valence-electron chi connectivity index (χ0n) is 16.7. The molecule has 1 aliphatic heterocycles. The second-order valence-electron chi connectivity index (χ2n) is 7.66. The molecule has 2 atom stereocenters. The first kappa shape index (κ1) is 22.0. The van der Waals surface area contributed by atoms with Crippen molar-refractivity contribution in [1.82, 2.24) is 9.34 Å². The number of rotatable bonds is 4. The van der Waals surface area contributed by atoms with Crippen LogP contribution in [0.4, 0.5) is 26.3 Å². The third kappa shape index (κ3) is 4.27. The van der Waals surface area contributed by atoms with Crippen molar-refractivity contribution in [3.8, 4) is 0 Å². The van der Waals surface area contributed by atoms with Gasteiger partial charge in [-0.1, -0.05) is 31.2 Å². The minimum atomic E-state index is -4.46. The van der Waals surface area contributed by atoms with Gasteiger partial charge in [0.15, 0.2) is 0 Å². The minimum Gasteiger partial charge on any atom is -0.337 e. The number of nitrogens with zero attached hydrogens (tertiary/aromatic N) is 2. The van der Waals surface area contributed by atoms with Gasteiger partial charge in [0.1, 0.15) is 0 Å². The van der Waals surface area contributed by atoms with Crippen molar-refractivity contribution in [3.63, 3.8) is 0 Å². The first-order valence-electron chi connectivity index (χ1n) is 9.96. The molecule has 9 heteroatoms. The summed E-state index contributed by atoms with van der Waals surface area (Å²) in [5, 5.41) is 0. The second-order valence-corrected chi connectivity index (χ2v) is 8.95. The molecule has 166 valence electrons. The molecule has 0 N–H and O–H groups in total. The third-order valence-corrected chi connectivity index (χ3v) is 7.05. The van der Waals surface area contributed by atoms with Gasteiger partial charge in [-0.25, -0.2) is 0 Å². The van der Waals surface area contributed by atoms with Crippen LogP contribution in [0.3, 0.4) is 0 Å². The van der Waals surface area contributed by atoms with Gasteiger partial charge in [-0.05, 0) is 53.6 Å². The van der Waals surface area contributed by atoms with Crippen molar-refractivity contribution in [2.75, 3.05) is 0 Å². The fourth-order valence-electron chi connectivity index (χ4n) is 4.40. The maximum atomic E-state index is 13.6. The Bertz CT molecular complexity index is 998. The van der Waals surface area contributed by atoms with Gasteiger partial charge in [0.05, 0.1) is 26.1 Å². The van der Waals surface area contributed by atoms with E-state index in [9.17, 15) is 26.3 Å². The summed E-state index contributed by atoms with van der Waals surface area (Å²) >= 11 is 0. The number of fused-ring (bicyclic) bond motifs is 1. The van der Waals surface area contributed by atoms with E-state index in [-0.39, 0.29) is 21.0 Å². The summed E-state index contributed by atoms with van der Waals surface area (Å²) in [5.41, 5.74) is 0.538. The molecule has 0 bridgehead atoms. The zero-order chi connectivity index (χ0) is 22.4. The molecule has 2 aliphatic rings. The predicted molar refractivity (Wildman–Crippen MR) is 108 cm³/mol. The maximum Gasteiger partial charge on any atom is 0.416 e. The molecule has 2 unspecified atom stereocenters. The standard InChI is InChI=1S/C22H21F6N2P/c1-2-14-5-3-7-17(21(23,24)25)16(14)13-29-11-12-30(31-29)19-10-9-15-6-4-8-18(20(15)19)22(26,27)28/h3-8,11-12,19,31H,2,9-10,13H2,1H3. The first-order valence-corrected chi connectivity index (χ1v) is 10.9. The monoisotopic (exact) mass is 458 g/mol. The molecular formula is C22H21F6N2P. The van der Waals surface area contributed by atoms with Crippen LogP contribution in [0, 0.1) is 0 Å². The van der Waals surface area contributed by atoms with Crippen molar-refractivity contribution in [2.24, 2.45) is 0 Å². The average Bonchev–Trinajstić information content (AvgIpc) is 3.33. The summed E-state index contributed by atoms with van der Waals surface area (Å²) in [6.45, 7) is 1.87. The van der Waals surface area contributed by atoms with Crippen molar-refractivity contribution in [2.45, 2.75) is 51.1 Å². The summed E-state index contributed by atoms with van der Waals surface area (Å²) in [6.07, 6.45) is -3.95. The Morgan fingerprint density at radius 2 is 1.61 bits per heavy atom. The van der Waals surface area contributed by atoms with Gasteiger partial charge in [-0.2, -0.15) is 26.3 Å². The highest BCUT2D eigenvalue weighted by atomic mass is 31.1. The summed E-state index contributed by atoms with van der Waals surface area (Å²) < 4.78 is 84.8. The highest BCUT2D eigenvalue weighted by molar-refractivity contribution is 7.33. The minimum absolute atomic E-state index is 0.0594. The van der Waals surface area contributed by atoms with E-state index in [4.69, 9.17) is 0 Å². The van der Waals surface area contributed by atoms with Crippen molar-refractivity contribution >= 4 is 8.88 Å². The highest BCUT2D eigenvalue weighted by Gasteiger charge is 2.41. The topological polar surface area (TPSA) is 6.48 Å². The van der Waals surface area contributed by atoms with E-state index in [1.165, 1.54) is 12.1 Å². The maximum absolute atomic E-state index is 13.6. The predicted octanol–water partition coefficient (Wildman–Crippen LogP) is 7.07. The van der Waals surface area contributed by atoms with Crippen LogP contribution < -0.4 is 0 Å². The van der Waals surface area contributed by atoms with Crippen molar-refractivity contribution in [1.29, 1.82) is 0 Å². The van der Waals surface area contributed by atoms with Gasteiger partial charge in [0, 0.05) is 18.9 Å². The number of halogens is 6. The van der Waals surface area contributed by atoms with Crippen LogP contribution in [0.5, 0.6) is 0 Å². The fraction of sp³-hybridized carbons (Fsp3) is 0.364. The number of hydrogen-bond acceptors (Lipinski definition) is 2. The zero-order valence-corrected chi connectivity index (χ0v) is 17.7. The molecular weight excluding hydrogens is 437 g/mol. The van der Waals surface area contributed by atoms with E-state index in [1.54, 1.807) is 29.2 Å². The van der Waals surface area contributed by atoms with Gasteiger partial charge in [0.25, 0.3) is 0 Å². The summed E-state index contributed by atoms with van der Waals surface area (Å²) in [4.78, 5) is 0. The smallest absolute Gasteiger partial charge is 0.337 e. The van der Waals surface area contributed by atoms with E-state index in [2.05, 4.69) is 0 Å². The molecule has 1 aliphatic carbocycles. The molecule has 0 radical (unpaired) electrons. The van der Waals surface area contributed by atoms with E-state index in [1.807, 2.05) is 11.6 Å². The lowest BCUT2D eigenvalue weighted by molar-refractivity contribution is -0.139. The Balaban J connectivity index is 1.57. The Kier molecular flexibility index (Phi) is 5.71. The second kappa shape index (κ2) is 8.05. The lowest BCUT2D eigenvalue weighted by Gasteiger charge is -2.29. The lowest BCUT2D eigenvalue weighted by Crippen LogP contribution is -2.19. The average molecular weight is 458 g/mol. The molecule has 0 saturated carbocycles. The molecule has 0 aromatic heterocycles. The fourth-order valence-corrected chi connectivity index (χ4v) is 5.59. The number of aryl methyl sites for hydroxylation is 2. The first-order chi connectivity index (χ1) is 14.6. The quantitative estimate of drug-likeness (QED) is 0.357. The molecule has 2 aromatic rings. The number of hydrogen-bond donors (Lipinski definition) is 0. The van der Waals surface area contributed by atoms with Crippen LogP contribution in [0.1, 0.15) is 52.8 Å². The molecule has 31 heavy (non-hydrogen) atoms. The van der Waals surface area contributed by atoms with Crippen molar-refractivity contribution in [3.05, 3.63) is 82.2 Å². The molecule has 0 amide bonds.